The second kappa shape index (κ2) is 3.18. The van der Waals surface area contributed by atoms with Gasteiger partial charge in [-0.05, 0) is 13.3 Å². The first-order chi connectivity index (χ1) is 4.18. The van der Waals surface area contributed by atoms with Crippen molar-refractivity contribution in [2.75, 3.05) is 0 Å². The number of nitrogens with zero attached hydrogens (tertiary/aromatic N) is 2. The summed E-state index contributed by atoms with van der Waals surface area (Å²) in [5.74, 6) is 0. The molecule has 0 aliphatic heterocycles. The molecule has 3 nitrogen and oxygen atoms in total. The van der Waals surface area contributed by atoms with Crippen LogP contribution in [0.15, 0.2) is 5.11 Å². The second-order valence-electron chi connectivity index (χ2n) is 2.25. The zero-order chi connectivity index (χ0) is 7.33. The molecule has 0 heterocycles. The Hall–Kier alpha value is -0.910. The summed E-state index contributed by atoms with van der Waals surface area (Å²) in [6.45, 7) is 3.64. The topological polar surface area (TPSA) is 60.0 Å². The van der Waals surface area contributed by atoms with E-state index in [1.807, 2.05) is 13.0 Å². The van der Waals surface area contributed by atoms with Gasteiger partial charge < -0.3 is 0 Å². The minimum Gasteiger partial charge on any atom is -0.208 e. The molecule has 0 aromatic heterocycles. The average molecular weight is 125 g/mol. The van der Waals surface area contributed by atoms with Crippen molar-refractivity contribution >= 4 is 0 Å². The van der Waals surface area contributed by atoms with Gasteiger partial charge in [-0.25, -0.2) is 5.53 Å². The molecule has 0 amide bonds. The maximum Gasteiger partial charge on any atom is 0.164 e. The minimum absolute atomic E-state index is 0.674. The highest BCUT2D eigenvalue weighted by Crippen LogP contribution is 2.14. The molecule has 50 valence electrons. The van der Waals surface area contributed by atoms with Crippen LogP contribution >= 0.6 is 0 Å². The van der Waals surface area contributed by atoms with Crippen molar-refractivity contribution in [1.82, 2.24) is 0 Å². The summed E-state index contributed by atoms with van der Waals surface area (Å²) >= 11 is 0. The van der Waals surface area contributed by atoms with Crippen LogP contribution in [-0.2, 0) is 0 Å². The Kier molecular flexibility index (Phi) is 2.86. The summed E-state index contributed by atoms with van der Waals surface area (Å²) in [4.78, 5) is 0. The molecule has 0 spiro atoms. The van der Waals surface area contributed by atoms with Crippen molar-refractivity contribution in [3.05, 3.63) is 0 Å². The second-order valence-corrected chi connectivity index (χ2v) is 2.25. The van der Waals surface area contributed by atoms with Crippen molar-refractivity contribution in [3.8, 4) is 6.07 Å². The fourth-order valence-electron chi connectivity index (χ4n) is 0.624. The normalized spacial score (nSPS) is 15.7. The lowest BCUT2D eigenvalue weighted by Gasteiger charge is -2.10. The summed E-state index contributed by atoms with van der Waals surface area (Å²) in [6.07, 6.45) is 1.57. The molecule has 0 aromatic rings. The van der Waals surface area contributed by atoms with E-state index in [9.17, 15) is 0 Å². The Balaban J connectivity index is 3.96. The van der Waals surface area contributed by atoms with Crippen molar-refractivity contribution in [1.29, 1.82) is 10.8 Å². The smallest absolute Gasteiger partial charge is 0.164 e. The Bertz CT molecular complexity index is 136. The third-order valence-electron chi connectivity index (χ3n) is 1.22. The minimum atomic E-state index is -0.769. The van der Waals surface area contributed by atoms with Crippen molar-refractivity contribution in [2.45, 2.75) is 32.2 Å². The number of nitrogens with one attached hydrogen (secondary N) is 1. The van der Waals surface area contributed by atoms with Crippen LogP contribution in [0.25, 0.3) is 0 Å². The van der Waals surface area contributed by atoms with Gasteiger partial charge in [0.15, 0.2) is 5.54 Å². The van der Waals surface area contributed by atoms with Crippen LogP contribution in [-0.4, -0.2) is 5.54 Å². The van der Waals surface area contributed by atoms with E-state index in [1.165, 1.54) is 0 Å². The maximum absolute atomic E-state index is 8.45. The summed E-state index contributed by atoms with van der Waals surface area (Å²) in [5, 5.41) is 11.7. The first-order valence-corrected chi connectivity index (χ1v) is 2.98. The van der Waals surface area contributed by atoms with Gasteiger partial charge in [0.05, 0.1) is 6.07 Å². The molecule has 0 rings (SSSR count). The highest BCUT2D eigenvalue weighted by atomic mass is 15.0. The Labute approximate surface area is 55.2 Å². The number of hydrogen-bond donors (Lipinski definition) is 1. The molecule has 0 aromatic carbocycles. The molecule has 1 N–H and O–H groups in total. The van der Waals surface area contributed by atoms with Gasteiger partial charge in [0.1, 0.15) is 0 Å². The lowest BCUT2D eigenvalue weighted by molar-refractivity contribution is 0.505. The van der Waals surface area contributed by atoms with E-state index in [-0.39, 0.29) is 0 Å². The zero-order valence-corrected chi connectivity index (χ0v) is 5.81. The van der Waals surface area contributed by atoms with Crippen LogP contribution in [0.1, 0.15) is 26.7 Å². The molecule has 0 bridgehead atoms. The van der Waals surface area contributed by atoms with Gasteiger partial charge >= 0.3 is 0 Å². The molecule has 9 heavy (non-hydrogen) atoms. The number of rotatable bonds is 3. The molecule has 1 unspecified atom stereocenters. The van der Waals surface area contributed by atoms with Gasteiger partial charge in [-0.2, -0.15) is 10.4 Å². The first kappa shape index (κ1) is 8.09. The summed E-state index contributed by atoms with van der Waals surface area (Å²) in [7, 11) is 0. The van der Waals surface area contributed by atoms with Gasteiger partial charge in [0, 0.05) is 0 Å². The lowest BCUT2D eigenvalue weighted by Crippen LogP contribution is -2.17. The van der Waals surface area contributed by atoms with E-state index in [0.29, 0.717) is 6.42 Å². The quantitative estimate of drug-likeness (QED) is 0.577. The van der Waals surface area contributed by atoms with Gasteiger partial charge in [0.2, 0.25) is 0 Å². The third kappa shape index (κ3) is 2.22. The average Bonchev–Trinajstić information content (AvgIpc) is 1.89. The van der Waals surface area contributed by atoms with Crippen LogP contribution in [0.5, 0.6) is 0 Å². The molecule has 0 saturated heterocycles. The molecular weight excluding hydrogens is 114 g/mol. The van der Waals surface area contributed by atoms with E-state index in [0.717, 1.165) is 6.42 Å². The maximum atomic E-state index is 8.45. The molecule has 3 heteroatoms. The number of hydrogen-bond acceptors (Lipinski definition) is 3. The highest BCUT2D eigenvalue weighted by molar-refractivity contribution is 5.01. The largest absolute Gasteiger partial charge is 0.208 e. The number of nitriles is 1. The van der Waals surface area contributed by atoms with Crippen LogP contribution in [0.3, 0.4) is 0 Å². The van der Waals surface area contributed by atoms with Crippen molar-refractivity contribution in [3.63, 3.8) is 0 Å². The fraction of sp³-hybridized carbons (Fsp3) is 0.833. The highest BCUT2D eigenvalue weighted by Gasteiger charge is 2.20. The van der Waals surface area contributed by atoms with Crippen LogP contribution in [0.4, 0.5) is 0 Å². The van der Waals surface area contributed by atoms with Gasteiger partial charge in [0.25, 0.3) is 0 Å². The third-order valence-corrected chi connectivity index (χ3v) is 1.22. The van der Waals surface area contributed by atoms with E-state index >= 15 is 0 Å². The van der Waals surface area contributed by atoms with E-state index in [2.05, 4.69) is 5.11 Å². The Morgan fingerprint density at radius 2 is 2.33 bits per heavy atom. The fourth-order valence-corrected chi connectivity index (χ4v) is 0.624. The van der Waals surface area contributed by atoms with Crippen LogP contribution in [0, 0.1) is 16.9 Å². The molecule has 0 fully saturated rings. The van der Waals surface area contributed by atoms with Crippen LogP contribution < -0.4 is 0 Å². The predicted molar refractivity (Wildman–Crippen MR) is 34.1 cm³/mol. The molecule has 0 aliphatic rings. The molecule has 1 atom stereocenters. The van der Waals surface area contributed by atoms with Gasteiger partial charge in [-0.1, -0.05) is 13.3 Å². The van der Waals surface area contributed by atoms with Crippen molar-refractivity contribution in [2.24, 2.45) is 5.11 Å². The van der Waals surface area contributed by atoms with Gasteiger partial charge in [-0.15, -0.1) is 0 Å². The van der Waals surface area contributed by atoms with E-state index in [1.54, 1.807) is 6.92 Å². The summed E-state index contributed by atoms with van der Waals surface area (Å²) in [5.41, 5.74) is 5.89. The molecule has 0 saturated carbocycles. The lowest BCUT2D eigenvalue weighted by atomic mass is 10.00. The summed E-state index contributed by atoms with van der Waals surface area (Å²) in [6, 6.07) is 1.97. The van der Waals surface area contributed by atoms with Gasteiger partial charge in [-0.3, -0.25) is 0 Å². The molecular formula is C6H11N3. The Morgan fingerprint density at radius 3 is 2.44 bits per heavy atom. The monoisotopic (exact) mass is 125 g/mol. The predicted octanol–water partition coefficient (Wildman–Crippen LogP) is 2.10. The molecule has 0 aliphatic carbocycles. The van der Waals surface area contributed by atoms with Crippen LogP contribution in [0.2, 0.25) is 0 Å². The van der Waals surface area contributed by atoms with E-state index < -0.39 is 5.54 Å². The Morgan fingerprint density at radius 1 is 1.78 bits per heavy atom. The van der Waals surface area contributed by atoms with E-state index in [4.69, 9.17) is 10.8 Å². The van der Waals surface area contributed by atoms with Crippen molar-refractivity contribution < 1.29 is 0 Å². The standard InChI is InChI=1S/C6H11N3/c1-3-4-6(2,5-7)9-8/h8H,3-4H2,1-2H3. The molecule has 0 radical (unpaired) electrons. The zero-order valence-electron chi connectivity index (χ0n) is 5.81. The SMILES string of the molecule is CCCC(C)(C#N)N=N. The summed E-state index contributed by atoms with van der Waals surface area (Å²) < 4.78 is 0. The first-order valence-electron chi connectivity index (χ1n) is 2.98.